The number of carboxylic acid groups (broad SMARTS) is 1. The van der Waals surface area contributed by atoms with Gasteiger partial charge in [-0.2, -0.15) is 4.37 Å². The van der Waals surface area contributed by atoms with Gasteiger partial charge >= 0.3 is 6.09 Å². The first kappa shape index (κ1) is 9.26. The lowest BCUT2D eigenvalue weighted by Gasteiger charge is -2.10. The predicted molar refractivity (Wildman–Crippen MR) is 53.5 cm³/mol. The molecule has 1 atom stereocenters. The van der Waals surface area contributed by atoms with Crippen LogP contribution in [0.3, 0.4) is 0 Å². The Balaban J connectivity index is 2.05. The van der Waals surface area contributed by atoms with Crippen molar-refractivity contribution in [3.63, 3.8) is 0 Å². The van der Waals surface area contributed by atoms with Gasteiger partial charge in [0.2, 0.25) is 0 Å². The molecule has 0 aliphatic carbocycles. The highest BCUT2D eigenvalue weighted by Crippen LogP contribution is 2.28. The van der Waals surface area contributed by atoms with Crippen LogP contribution in [0.25, 0.3) is 0 Å². The molecule has 76 valence electrons. The number of rotatable bonds is 1. The molecule has 1 aliphatic rings. The number of anilines is 1. The SMILES string of the molecule is Nc1cc(C2CCN(C(=O)O)C2)ns1. The van der Waals surface area contributed by atoms with Crippen LogP contribution in [0, 0.1) is 0 Å². The minimum Gasteiger partial charge on any atom is -0.465 e. The summed E-state index contributed by atoms with van der Waals surface area (Å²) in [5.41, 5.74) is 6.49. The Hall–Kier alpha value is -1.30. The molecule has 0 spiro atoms. The zero-order valence-corrected chi connectivity index (χ0v) is 8.33. The van der Waals surface area contributed by atoms with Crippen molar-refractivity contribution in [1.82, 2.24) is 9.27 Å². The van der Waals surface area contributed by atoms with E-state index in [1.807, 2.05) is 6.07 Å². The van der Waals surface area contributed by atoms with Gasteiger partial charge in [0, 0.05) is 19.0 Å². The van der Waals surface area contributed by atoms with Gasteiger partial charge in [0.25, 0.3) is 0 Å². The average Bonchev–Trinajstić information content (AvgIpc) is 2.70. The molecule has 0 radical (unpaired) electrons. The molecule has 1 aliphatic heterocycles. The highest BCUT2D eigenvalue weighted by Gasteiger charge is 2.28. The second-order valence-corrected chi connectivity index (χ2v) is 4.20. The molecule has 6 heteroatoms. The van der Waals surface area contributed by atoms with E-state index in [1.165, 1.54) is 16.4 Å². The first-order valence-electron chi connectivity index (χ1n) is 4.37. The average molecular weight is 213 g/mol. The number of nitrogens with zero attached hydrogens (tertiary/aromatic N) is 2. The van der Waals surface area contributed by atoms with Crippen molar-refractivity contribution in [3.8, 4) is 0 Å². The summed E-state index contributed by atoms with van der Waals surface area (Å²) in [5.74, 6) is 0.222. The van der Waals surface area contributed by atoms with Gasteiger partial charge in [0.1, 0.15) is 5.00 Å². The molecule has 1 aromatic rings. The van der Waals surface area contributed by atoms with Crippen molar-refractivity contribution in [3.05, 3.63) is 11.8 Å². The number of nitrogens with two attached hydrogens (primary N) is 1. The first-order chi connectivity index (χ1) is 6.66. The minimum atomic E-state index is -0.851. The van der Waals surface area contributed by atoms with Gasteiger partial charge in [-0.25, -0.2) is 4.79 Å². The van der Waals surface area contributed by atoms with E-state index in [4.69, 9.17) is 10.8 Å². The molecule has 0 saturated carbocycles. The molecule has 14 heavy (non-hydrogen) atoms. The summed E-state index contributed by atoms with van der Waals surface area (Å²) >= 11 is 1.26. The van der Waals surface area contributed by atoms with Crippen LogP contribution in [0.1, 0.15) is 18.0 Å². The lowest BCUT2D eigenvalue weighted by Crippen LogP contribution is -2.26. The smallest absolute Gasteiger partial charge is 0.407 e. The van der Waals surface area contributed by atoms with Gasteiger partial charge in [0.15, 0.2) is 0 Å². The van der Waals surface area contributed by atoms with Crippen LogP contribution in [0.4, 0.5) is 9.80 Å². The third-order valence-electron chi connectivity index (χ3n) is 2.42. The molecule has 0 bridgehead atoms. The summed E-state index contributed by atoms with van der Waals surface area (Å²) in [4.78, 5) is 12.1. The lowest BCUT2D eigenvalue weighted by molar-refractivity contribution is 0.155. The first-order valence-corrected chi connectivity index (χ1v) is 5.14. The molecule has 2 heterocycles. The Kier molecular flexibility index (Phi) is 2.28. The van der Waals surface area contributed by atoms with Crippen LogP contribution in [0.2, 0.25) is 0 Å². The number of aromatic nitrogens is 1. The molecule has 1 amide bonds. The second-order valence-electron chi connectivity index (χ2n) is 3.37. The van der Waals surface area contributed by atoms with Gasteiger partial charge in [-0.05, 0) is 24.0 Å². The monoisotopic (exact) mass is 213 g/mol. The molecule has 1 aromatic heterocycles. The molecular formula is C8H11N3O2S. The summed E-state index contributed by atoms with van der Waals surface area (Å²) < 4.78 is 4.19. The van der Waals surface area contributed by atoms with E-state index in [0.717, 1.165) is 12.1 Å². The maximum Gasteiger partial charge on any atom is 0.407 e. The molecular weight excluding hydrogens is 202 g/mol. The highest BCUT2D eigenvalue weighted by molar-refractivity contribution is 7.10. The molecule has 2 rings (SSSR count). The fourth-order valence-corrected chi connectivity index (χ4v) is 2.26. The number of hydrogen-bond acceptors (Lipinski definition) is 4. The standard InChI is InChI=1S/C8H11N3O2S/c9-7-3-6(10-14-7)5-1-2-11(4-5)8(12)13/h3,5H,1-2,4,9H2,(H,12,13). The van der Waals surface area contributed by atoms with Crippen LogP contribution in [-0.4, -0.2) is 33.6 Å². The lowest BCUT2D eigenvalue weighted by atomic mass is 10.1. The quantitative estimate of drug-likeness (QED) is 0.734. The fraction of sp³-hybridized carbons (Fsp3) is 0.500. The van der Waals surface area contributed by atoms with Crippen molar-refractivity contribution < 1.29 is 9.90 Å². The summed E-state index contributed by atoms with van der Waals surface area (Å²) in [6.45, 7) is 1.13. The van der Waals surface area contributed by atoms with E-state index in [1.54, 1.807) is 0 Å². The zero-order chi connectivity index (χ0) is 10.1. The van der Waals surface area contributed by atoms with E-state index in [2.05, 4.69) is 4.37 Å². The molecule has 1 saturated heterocycles. The fourth-order valence-electron chi connectivity index (χ4n) is 1.67. The molecule has 0 aromatic carbocycles. The number of hydrogen-bond donors (Lipinski definition) is 2. The molecule has 1 fully saturated rings. The van der Waals surface area contributed by atoms with E-state index in [-0.39, 0.29) is 5.92 Å². The molecule has 1 unspecified atom stereocenters. The Labute approximate surface area is 85.3 Å². The van der Waals surface area contributed by atoms with Crippen molar-refractivity contribution in [1.29, 1.82) is 0 Å². The Bertz CT molecular complexity index is 352. The normalized spacial score (nSPS) is 21.4. The highest BCUT2D eigenvalue weighted by atomic mass is 32.1. The van der Waals surface area contributed by atoms with Gasteiger partial charge in [0.05, 0.1) is 5.69 Å². The van der Waals surface area contributed by atoms with Crippen molar-refractivity contribution in [2.45, 2.75) is 12.3 Å². The summed E-state index contributed by atoms with van der Waals surface area (Å²) in [7, 11) is 0. The van der Waals surface area contributed by atoms with Crippen molar-refractivity contribution in [2.24, 2.45) is 0 Å². The molecule has 5 nitrogen and oxygen atoms in total. The summed E-state index contributed by atoms with van der Waals surface area (Å²) in [5, 5.41) is 9.46. The Morgan fingerprint density at radius 2 is 2.57 bits per heavy atom. The van der Waals surface area contributed by atoms with E-state index in [0.29, 0.717) is 18.1 Å². The summed E-state index contributed by atoms with van der Waals surface area (Å²) in [6.07, 6.45) is -0.00847. The van der Waals surface area contributed by atoms with E-state index < -0.39 is 6.09 Å². The minimum absolute atomic E-state index is 0.222. The van der Waals surface area contributed by atoms with Crippen LogP contribution in [-0.2, 0) is 0 Å². The largest absolute Gasteiger partial charge is 0.465 e. The van der Waals surface area contributed by atoms with Gasteiger partial charge in [-0.1, -0.05) is 0 Å². The molecule has 3 N–H and O–H groups in total. The Morgan fingerprint density at radius 1 is 1.79 bits per heavy atom. The third-order valence-corrected chi connectivity index (χ3v) is 3.05. The van der Waals surface area contributed by atoms with Crippen LogP contribution in [0.5, 0.6) is 0 Å². The van der Waals surface area contributed by atoms with E-state index >= 15 is 0 Å². The maximum absolute atomic E-state index is 10.7. The zero-order valence-electron chi connectivity index (χ0n) is 7.51. The van der Waals surface area contributed by atoms with Gasteiger partial charge < -0.3 is 15.7 Å². The van der Waals surface area contributed by atoms with Crippen molar-refractivity contribution in [2.75, 3.05) is 18.8 Å². The number of likely N-dealkylation sites (tertiary alicyclic amines) is 1. The topological polar surface area (TPSA) is 79.5 Å². The Morgan fingerprint density at radius 3 is 3.07 bits per heavy atom. The number of carbonyl (C=O) groups is 1. The van der Waals surface area contributed by atoms with Crippen LogP contribution in [0.15, 0.2) is 6.07 Å². The van der Waals surface area contributed by atoms with Crippen molar-refractivity contribution >= 4 is 22.6 Å². The predicted octanol–water partition coefficient (Wildman–Crippen LogP) is 1.19. The van der Waals surface area contributed by atoms with Gasteiger partial charge in [-0.15, -0.1) is 0 Å². The third kappa shape index (κ3) is 1.65. The number of nitrogen functional groups attached to an aromatic ring is 1. The van der Waals surface area contributed by atoms with E-state index in [9.17, 15) is 4.79 Å². The summed E-state index contributed by atoms with van der Waals surface area (Å²) in [6, 6.07) is 1.83. The second kappa shape index (κ2) is 3.45. The van der Waals surface area contributed by atoms with Crippen LogP contribution < -0.4 is 5.73 Å². The van der Waals surface area contributed by atoms with Gasteiger partial charge in [-0.3, -0.25) is 0 Å². The number of amides is 1. The van der Waals surface area contributed by atoms with Crippen LogP contribution >= 0.6 is 11.5 Å². The maximum atomic E-state index is 10.7.